The Morgan fingerprint density at radius 3 is 2.71 bits per heavy atom. The highest BCUT2D eigenvalue weighted by molar-refractivity contribution is 7.19. The number of carbonyl (C=O) groups is 1. The molecular formula is C20H19N5OS2. The smallest absolute Gasteiger partial charge is 0.270 e. The van der Waals surface area contributed by atoms with Gasteiger partial charge in [-0.3, -0.25) is 4.79 Å². The molecule has 0 saturated carbocycles. The second-order valence-corrected chi connectivity index (χ2v) is 8.66. The molecule has 1 aromatic carbocycles. The van der Waals surface area contributed by atoms with Crippen LogP contribution >= 0.6 is 22.7 Å². The Labute approximate surface area is 171 Å². The van der Waals surface area contributed by atoms with Crippen molar-refractivity contribution in [3.63, 3.8) is 0 Å². The van der Waals surface area contributed by atoms with Crippen LogP contribution in [0.25, 0.3) is 0 Å². The van der Waals surface area contributed by atoms with Crippen molar-refractivity contribution < 1.29 is 4.79 Å². The van der Waals surface area contributed by atoms with E-state index < -0.39 is 0 Å². The van der Waals surface area contributed by atoms with Crippen LogP contribution in [0, 0.1) is 11.3 Å². The van der Waals surface area contributed by atoms with Crippen molar-refractivity contribution in [2.45, 2.75) is 32.1 Å². The molecule has 4 N–H and O–H groups in total. The molecule has 142 valence electrons. The van der Waals surface area contributed by atoms with E-state index in [1.165, 1.54) is 34.0 Å². The minimum absolute atomic E-state index is 0.178. The predicted octanol–water partition coefficient (Wildman–Crippen LogP) is 4.92. The van der Waals surface area contributed by atoms with Gasteiger partial charge in [-0.05, 0) is 43.4 Å². The quantitative estimate of drug-likeness (QED) is 0.530. The molecule has 1 amide bonds. The van der Waals surface area contributed by atoms with Crippen molar-refractivity contribution in [2.75, 3.05) is 16.4 Å². The molecule has 0 atom stereocenters. The molecule has 0 saturated heterocycles. The molecule has 0 spiro atoms. The van der Waals surface area contributed by atoms with Gasteiger partial charge in [0.1, 0.15) is 21.8 Å². The fourth-order valence-electron chi connectivity index (χ4n) is 3.30. The molecule has 3 aromatic rings. The van der Waals surface area contributed by atoms with Gasteiger partial charge in [0, 0.05) is 10.6 Å². The molecule has 8 heteroatoms. The summed E-state index contributed by atoms with van der Waals surface area (Å²) in [5.41, 5.74) is 8.55. The van der Waals surface area contributed by atoms with Gasteiger partial charge in [-0.1, -0.05) is 36.0 Å². The first kappa shape index (κ1) is 18.5. The standard InChI is InChI=1S/C20H19N5OS2/c21-11-14-13-9-5-2-6-10-15(13)27-19(14)25-18(26)16-17(22)24-20(28-16)23-12-7-3-1-4-8-12/h1,3-4,7-8H,2,5-6,9-10,22H2,(H,23,24)(H,25,26). The lowest BCUT2D eigenvalue weighted by Gasteiger charge is -2.03. The highest BCUT2D eigenvalue weighted by Gasteiger charge is 2.23. The third-order valence-electron chi connectivity index (χ3n) is 4.64. The number of aryl methyl sites for hydroxylation is 1. The Balaban J connectivity index is 1.55. The summed E-state index contributed by atoms with van der Waals surface area (Å²) in [6, 6.07) is 11.9. The maximum absolute atomic E-state index is 12.8. The Morgan fingerprint density at radius 2 is 1.93 bits per heavy atom. The number of nitrogen functional groups attached to an aromatic ring is 1. The van der Waals surface area contributed by atoms with E-state index in [0.29, 0.717) is 20.6 Å². The van der Waals surface area contributed by atoms with Gasteiger partial charge in [0.25, 0.3) is 5.91 Å². The summed E-state index contributed by atoms with van der Waals surface area (Å²) < 4.78 is 0. The maximum Gasteiger partial charge on any atom is 0.270 e. The van der Waals surface area contributed by atoms with Crippen LogP contribution in [0.2, 0.25) is 0 Å². The number of nitrogens with one attached hydrogen (secondary N) is 2. The number of para-hydroxylation sites is 1. The molecular weight excluding hydrogens is 390 g/mol. The monoisotopic (exact) mass is 409 g/mol. The van der Waals surface area contributed by atoms with Crippen LogP contribution in [-0.2, 0) is 12.8 Å². The number of hydrogen-bond donors (Lipinski definition) is 3. The Morgan fingerprint density at radius 1 is 1.14 bits per heavy atom. The third-order valence-corrected chi connectivity index (χ3v) is 6.84. The summed E-state index contributed by atoms with van der Waals surface area (Å²) in [6.07, 6.45) is 5.27. The van der Waals surface area contributed by atoms with Crippen LogP contribution in [-0.4, -0.2) is 10.9 Å². The van der Waals surface area contributed by atoms with E-state index in [2.05, 4.69) is 21.7 Å². The summed E-state index contributed by atoms with van der Waals surface area (Å²) in [5, 5.41) is 16.8. The highest BCUT2D eigenvalue weighted by atomic mass is 32.1. The predicted molar refractivity (Wildman–Crippen MR) is 114 cm³/mol. The molecule has 1 aliphatic carbocycles. The van der Waals surface area contributed by atoms with Gasteiger partial charge >= 0.3 is 0 Å². The zero-order chi connectivity index (χ0) is 19.5. The van der Waals surface area contributed by atoms with Crippen molar-refractivity contribution >= 4 is 50.2 Å². The van der Waals surface area contributed by atoms with E-state index in [1.807, 2.05) is 30.3 Å². The van der Waals surface area contributed by atoms with E-state index in [1.54, 1.807) is 0 Å². The van der Waals surface area contributed by atoms with Crippen LogP contribution in [0.4, 0.5) is 21.6 Å². The normalized spacial score (nSPS) is 13.2. The molecule has 1 aliphatic rings. The van der Waals surface area contributed by atoms with Crippen LogP contribution in [0.3, 0.4) is 0 Å². The summed E-state index contributed by atoms with van der Waals surface area (Å²) in [7, 11) is 0. The lowest BCUT2D eigenvalue weighted by molar-refractivity contribution is 0.103. The topological polar surface area (TPSA) is 104 Å². The van der Waals surface area contributed by atoms with E-state index in [9.17, 15) is 10.1 Å². The zero-order valence-corrected chi connectivity index (χ0v) is 16.8. The Bertz CT molecular complexity index is 1050. The summed E-state index contributed by atoms with van der Waals surface area (Å²) in [4.78, 5) is 18.6. The first-order valence-electron chi connectivity index (χ1n) is 9.10. The van der Waals surface area contributed by atoms with E-state index in [4.69, 9.17) is 5.73 Å². The van der Waals surface area contributed by atoms with Gasteiger partial charge in [-0.15, -0.1) is 11.3 Å². The largest absolute Gasteiger partial charge is 0.382 e. The number of aromatic nitrogens is 1. The number of rotatable bonds is 4. The van der Waals surface area contributed by atoms with Crippen molar-refractivity contribution in [2.24, 2.45) is 0 Å². The first-order valence-corrected chi connectivity index (χ1v) is 10.7. The first-order chi connectivity index (χ1) is 13.7. The molecule has 0 bridgehead atoms. The van der Waals surface area contributed by atoms with Gasteiger partial charge in [0.05, 0.1) is 5.56 Å². The Hall–Kier alpha value is -2.89. The number of amides is 1. The summed E-state index contributed by atoms with van der Waals surface area (Å²) >= 11 is 2.71. The number of fused-ring (bicyclic) bond motifs is 1. The molecule has 6 nitrogen and oxygen atoms in total. The minimum atomic E-state index is -0.330. The van der Waals surface area contributed by atoms with E-state index in [0.717, 1.165) is 36.9 Å². The van der Waals surface area contributed by atoms with Crippen LogP contribution in [0.5, 0.6) is 0 Å². The number of anilines is 4. The molecule has 4 rings (SSSR count). The maximum atomic E-state index is 12.8. The van der Waals surface area contributed by atoms with Gasteiger partial charge in [0.2, 0.25) is 0 Å². The van der Waals surface area contributed by atoms with Gasteiger partial charge < -0.3 is 16.4 Å². The van der Waals surface area contributed by atoms with Gasteiger partial charge in [0.15, 0.2) is 5.13 Å². The number of nitrogens with zero attached hydrogens (tertiary/aromatic N) is 2. The molecule has 2 aromatic heterocycles. The summed E-state index contributed by atoms with van der Waals surface area (Å²) in [5.74, 6) is -0.151. The average Bonchev–Trinajstić information content (AvgIpc) is 3.12. The molecule has 28 heavy (non-hydrogen) atoms. The number of benzene rings is 1. The molecule has 0 aliphatic heterocycles. The molecule has 0 unspecified atom stereocenters. The fraction of sp³-hybridized carbons (Fsp3) is 0.250. The summed E-state index contributed by atoms with van der Waals surface area (Å²) in [6.45, 7) is 0. The number of thiophene rings is 1. The lowest BCUT2D eigenvalue weighted by atomic mass is 10.1. The molecule has 0 radical (unpaired) electrons. The lowest BCUT2D eigenvalue weighted by Crippen LogP contribution is -2.12. The van der Waals surface area contributed by atoms with E-state index in [-0.39, 0.29) is 11.7 Å². The second kappa shape index (κ2) is 8.00. The molecule has 0 fully saturated rings. The van der Waals surface area contributed by atoms with Crippen LogP contribution in [0.15, 0.2) is 30.3 Å². The number of nitrogens with two attached hydrogens (primary N) is 1. The zero-order valence-electron chi connectivity index (χ0n) is 15.1. The van der Waals surface area contributed by atoms with Gasteiger partial charge in [-0.25, -0.2) is 4.98 Å². The average molecular weight is 410 g/mol. The molecule has 2 heterocycles. The van der Waals surface area contributed by atoms with Crippen LogP contribution in [0.1, 0.15) is 44.9 Å². The number of carbonyl (C=O) groups excluding carboxylic acids is 1. The number of hydrogen-bond acceptors (Lipinski definition) is 7. The van der Waals surface area contributed by atoms with Crippen molar-refractivity contribution in [1.82, 2.24) is 4.98 Å². The minimum Gasteiger partial charge on any atom is -0.382 e. The van der Waals surface area contributed by atoms with E-state index >= 15 is 0 Å². The third kappa shape index (κ3) is 3.72. The SMILES string of the molecule is N#Cc1c(NC(=O)c2sc(Nc3ccccc3)nc2N)sc2c1CCCCC2. The Kier molecular flexibility index (Phi) is 5.28. The van der Waals surface area contributed by atoms with Crippen molar-refractivity contribution in [1.29, 1.82) is 5.26 Å². The van der Waals surface area contributed by atoms with Crippen LogP contribution < -0.4 is 16.4 Å². The number of thiazole rings is 1. The highest BCUT2D eigenvalue weighted by Crippen LogP contribution is 2.38. The van der Waals surface area contributed by atoms with Gasteiger partial charge in [-0.2, -0.15) is 5.26 Å². The fourth-order valence-corrected chi connectivity index (χ4v) is 5.34. The van der Waals surface area contributed by atoms with Crippen molar-refractivity contribution in [3.05, 3.63) is 51.2 Å². The van der Waals surface area contributed by atoms with Crippen molar-refractivity contribution in [3.8, 4) is 6.07 Å². The number of nitriles is 1. The second-order valence-electron chi connectivity index (χ2n) is 6.56.